The molecule has 34 heavy (non-hydrogen) atoms. The van der Waals surface area contributed by atoms with Crippen LogP contribution < -0.4 is 5.32 Å². The van der Waals surface area contributed by atoms with E-state index in [9.17, 15) is 4.79 Å². The van der Waals surface area contributed by atoms with Gasteiger partial charge in [-0.25, -0.2) is 4.98 Å². The minimum Gasteiger partial charge on any atom is -0.301 e. The molecule has 3 aliphatic rings. The summed E-state index contributed by atoms with van der Waals surface area (Å²) in [7, 11) is 0. The van der Waals surface area contributed by atoms with Crippen molar-refractivity contribution in [3.63, 3.8) is 0 Å². The lowest BCUT2D eigenvalue weighted by molar-refractivity contribution is -0.127. The average molecular weight is 465 g/mol. The molecule has 0 spiro atoms. The number of aryl methyl sites for hydroxylation is 1. The van der Waals surface area contributed by atoms with Gasteiger partial charge in [-0.1, -0.05) is 85.3 Å². The van der Waals surface area contributed by atoms with Gasteiger partial charge in [-0.15, -0.1) is 11.3 Å². The molecule has 3 aromatic carbocycles. The maximum absolute atomic E-state index is 13.9. The molecule has 1 unspecified atom stereocenters. The Morgan fingerprint density at radius 2 is 1.59 bits per heavy atom. The second-order valence-electron chi connectivity index (χ2n) is 10.3. The monoisotopic (exact) mass is 464 g/mol. The quantitative estimate of drug-likeness (QED) is 0.359. The van der Waals surface area contributed by atoms with Crippen LogP contribution in [0.25, 0.3) is 0 Å². The number of fused-ring (bicyclic) bond motifs is 1. The smallest absolute Gasteiger partial charge is 0.233 e. The fraction of sp³-hybridized carbons (Fsp3) is 0.267. The number of amides is 1. The molecule has 1 heterocycles. The van der Waals surface area contributed by atoms with Crippen molar-refractivity contribution in [2.75, 3.05) is 5.32 Å². The summed E-state index contributed by atoms with van der Waals surface area (Å²) in [5.74, 6) is 0.0951. The zero-order valence-corrected chi connectivity index (χ0v) is 20.6. The number of rotatable bonds is 4. The summed E-state index contributed by atoms with van der Waals surface area (Å²) < 4.78 is 0. The molecule has 0 fully saturated rings. The van der Waals surface area contributed by atoms with Gasteiger partial charge in [0, 0.05) is 23.1 Å². The molecule has 1 N–H and O–H groups in total. The summed E-state index contributed by atoms with van der Waals surface area (Å²) in [6.07, 6.45) is 1.55. The fourth-order valence-electron chi connectivity index (χ4n) is 6.34. The second kappa shape index (κ2) is 7.64. The van der Waals surface area contributed by atoms with Crippen LogP contribution in [0.15, 0.2) is 78.2 Å². The van der Waals surface area contributed by atoms with Crippen LogP contribution in [0.3, 0.4) is 0 Å². The molecule has 0 aliphatic heterocycles. The van der Waals surface area contributed by atoms with Crippen molar-refractivity contribution >= 4 is 22.4 Å². The Morgan fingerprint density at radius 1 is 0.971 bits per heavy atom. The minimum atomic E-state index is -0.555. The number of carbonyl (C=O) groups is 1. The molecule has 0 saturated heterocycles. The summed E-state index contributed by atoms with van der Waals surface area (Å²) in [6.45, 7) is 6.53. The van der Waals surface area contributed by atoms with Crippen molar-refractivity contribution in [2.24, 2.45) is 5.41 Å². The van der Waals surface area contributed by atoms with Crippen molar-refractivity contribution in [3.05, 3.63) is 117 Å². The first-order valence-corrected chi connectivity index (χ1v) is 12.8. The molecule has 0 radical (unpaired) electrons. The second-order valence-corrected chi connectivity index (χ2v) is 11.2. The molecule has 4 aromatic rings. The largest absolute Gasteiger partial charge is 0.301 e. The third-order valence-electron chi connectivity index (χ3n) is 7.89. The number of benzene rings is 3. The van der Waals surface area contributed by atoms with Gasteiger partial charge >= 0.3 is 0 Å². The van der Waals surface area contributed by atoms with Crippen LogP contribution in [0.1, 0.15) is 65.3 Å². The first kappa shape index (κ1) is 21.3. The van der Waals surface area contributed by atoms with Crippen molar-refractivity contribution in [3.8, 4) is 0 Å². The zero-order chi connectivity index (χ0) is 23.5. The molecule has 170 valence electrons. The number of carbonyl (C=O) groups excluding carboxylic acids is 1. The number of nitrogens with one attached hydrogen (secondary N) is 1. The fourth-order valence-corrected chi connectivity index (χ4v) is 7.05. The maximum atomic E-state index is 13.9. The van der Waals surface area contributed by atoms with E-state index in [0.29, 0.717) is 5.13 Å². The standard InChI is InChI=1S/C30H28N2OS/c1-19-12-14-20(15-13-19)16-21-17-34-28(31-21)32-27(33)30(3)18-29(2)24-10-6-4-8-22(24)26(30)23-9-5-7-11-25(23)29/h4-15,17,26H,16,18H2,1-3H3,(H,31,32,33). The van der Waals surface area contributed by atoms with Crippen LogP contribution in [0.4, 0.5) is 5.13 Å². The van der Waals surface area contributed by atoms with Gasteiger partial charge in [-0.3, -0.25) is 4.79 Å². The van der Waals surface area contributed by atoms with Crippen LogP contribution in [0.5, 0.6) is 0 Å². The van der Waals surface area contributed by atoms with E-state index in [4.69, 9.17) is 4.98 Å². The molecule has 3 nitrogen and oxygen atoms in total. The van der Waals surface area contributed by atoms with E-state index in [-0.39, 0.29) is 17.2 Å². The van der Waals surface area contributed by atoms with Crippen LogP contribution >= 0.6 is 11.3 Å². The number of hydrogen-bond acceptors (Lipinski definition) is 3. The van der Waals surface area contributed by atoms with E-state index in [1.165, 1.54) is 44.7 Å². The molecule has 3 aliphatic carbocycles. The molecule has 1 amide bonds. The molecule has 0 saturated carbocycles. The van der Waals surface area contributed by atoms with Gasteiger partial charge < -0.3 is 5.32 Å². The highest BCUT2D eigenvalue weighted by atomic mass is 32.1. The van der Waals surface area contributed by atoms with Gasteiger partial charge in [0.15, 0.2) is 5.13 Å². The zero-order valence-electron chi connectivity index (χ0n) is 19.8. The number of aromatic nitrogens is 1. The lowest BCUT2D eigenvalue weighted by Crippen LogP contribution is -2.53. The van der Waals surface area contributed by atoms with Gasteiger partial charge in [-0.2, -0.15) is 0 Å². The van der Waals surface area contributed by atoms with Gasteiger partial charge in [0.1, 0.15) is 0 Å². The Bertz CT molecular complexity index is 1360. The topological polar surface area (TPSA) is 42.0 Å². The van der Waals surface area contributed by atoms with Gasteiger partial charge in [0.2, 0.25) is 5.91 Å². The molecule has 1 aromatic heterocycles. The van der Waals surface area contributed by atoms with E-state index in [2.05, 4.69) is 104 Å². The van der Waals surface area contributed by atoms with E-state index in [1.54, 1.807) is 0 Å². The molecular formula is C30H28N2OS. The normalized spacial score (nSPS) is 24.4. The highest BCUT2D eigenvalue weighted by molar-refractivity contribution is 7.13. The predicted octanol–water partition coefficient (Wildman–Crippen LogP) is 6.84. The van der Waals surface area contributed by atoms with Gasteiger partial charge in [0.05, 0.1) is 11.1 Å². The van der Waals surface area contributed by atoms with E-state index < -0.39 is 5.41 Å². The lowest BCUT2D eigenvalue weighted by atomic mass is 9.47. The third kappa shape index (κ3) is 3.16. The average Bonchev–Trinajstić information content (AvgIpc) is 3.27. The van der Waals surface area contributed by atoms with Crippen molar-refractivity contribution in [2.45, 2.75) is 44.9 Å². The number of thiazole rings is 1. The Morgan fingerprint density at radius 3 is 2.24 bits per heavy atom. The first-order chi connectivity index (χ1) is 16.4. The predicted molar refractivity (Wildman–Crippen MR) is 139 cm³/mol. The summed E-state index contributed by atoms with van der Waals surface area (Å²) in [5.41, 5.74) is 8.01. The van der Waals surface area contributed by atoms with Crippen molar-refractivity contribution in [1.82, 2.24) is 4.98 Å². The SMILES string of the molecule is Cc1ccc(Cc2csc(NC(=O)C3(C)CC4(C)c5ccccc5C3c3ccccc34)n2)cc1. The van der Waals surface area contributed by atoms with Crippen LogP contribution in [0, 0.1) is 12.3 Å². The number of anilines is 1. The summed E-state index contributed by atoms with van der Waals surface area (Å²) in [4.78, 5) is 18.7. The van der Waals surface area contributed by atoms with E-state index in [0.717, 1.165) is 18.5 Å². The lowest BCUT2D eigenvalue weighted by Gasteiger charge is -2.55. The molecule has 2 bridgehead atoms. The molecular weight excluding hydrogens is 436 g/mol. The van der Waals surface area contributed by atoms with Crippen LogP contribution in [-0.4, -0.2) is 10.9 Å². The number of nitrogens with zero attached hydrogens (tertiary/aromatic N) is 1. The van der Waals surface area contributed by atoms with Crippen molar-refractivity contribution < 1.29 is 4.79 Å². The summed E-state index contributed by atoms with van der Waals surface area (Å²) in [6, 6.07) is 25.9. The Hall–Kier alpha value is -3.24. The minimum absolute atomic E-state index is 0.0358. The third-order valence-corrected chi connectivity index (χ3v) is 8.69. The molecule has 4 heteroatoms. The Kier molecular flexibility index (Phi) is 4.79. The highest BCUT2D eigenvalue weighted by Gasteiger charge is 2.58. The van der Waals surface area contributed by atoms with Crippen molar-refractivity contribution in [1.29, 1.82) is 0 Å². The Balaban J connectivity index is 1.31. The number of hydrogen-bond donors (Lipinski definition) is 1. The van der Waals surface area contributed by atoms with Crippen LogP contribution in [0.2, 0.25) is 0 Å². The van der Waals surface area contributed by atoms with E-state index in [1.807, 2.05) is 0 Å². The maximum Gasteiger partial charge on any atom is 0.233 e. The Labute approximate surface area is 204 Å². The summed E-state index contributed by atoms with van der Waals surface area (Å²) in [5, 5.41) is 5.93. The first-order valence-electron chi connectivity index (χ1n) is 11.9. The molecule has 7 rings (SSSR count). The molecule has 1 atom stereocenters. The highest BCUT2D eigenvalue weighted by Crippen LogP contribution is 2.63. The van der Waals surface area contributed by atoms with Gasteiger partial charge in [-0.05, 0) is 48.1 Å². The van der Waals surface area contributed by atoms with E-state index >= 15 is 0 Å². The van der Waals surface area contributed by atoms with Gasteiger partial charge in [0.25, 0.3) is 0 Å². The summed E-state index contributed by atoms with van der Waals surface area (Å²) >= 11 is 1.51. The van der Waals surface area contributed by atoms with Crippen LogP contribution in [-0.2, 0) is 16.6 Å².